The van der Waals surface area contributed by atoms with E-state index in [-0.39, 0.29) is 0 Å². The first-order chi connectivity index (χ1) is 27.2. The van der Waals surface area contributed by atoms with E-state index < -0.39 is 0 Å². The molecule has 55 heavy (non-hydrogen) atoms. The monoisotopic (exact) mass is 703 g/mol. The van der Waals surface area contributed by atoms with Gasteiger partial charge in [0.05, 0.1) is 0 Å². The van der Waals surface area contributed by atoms with Gasteiger partial charge in [0.15, 0.2) is 28.9 Å². The van der Waals surface area contributed by atoms with Crippen molar-refractivity contribution < 1.29 is 4.42 Å². The van der Waals surface area contributed by atoms with Gasteiger partial charge in [-0.05, 0) is 70.8 Å². The molecule has 0 saturated heterocycles. The Bertz CT molecular complexity index is 2920. The number of rotatable bonds is 7. The van der Waals surface area contributed by atoms with E-state index in [2.05, 4.69) is 72.8 Å². The molecule has 0 aliphatic rings. The van der Waals surface area contributed by atoms with Crippen molar-refractivity contribution in [2.75, 3.05) is 0 Å². The summed E-state index contributed by atoms with van der Waals surface area (Å²) in [5.74, 6) is 2.45. The molecule has 0 unspecified atom stereocenters. The lowest BCUT2D eigenvalue weighted by molar-refractivity contribution is 0.667. The minimum Gasteiger partial charge on any atom is -0.452 e. The zero-order valence-electron chi connectivity index (χ0n) is 29.4. The predicted molar refractivity (Wildman–Crippen MR) is 218 cm³/mol. The molecule has 0 spiro atoms. The second kappa shape index (κ2) is 13.7. The van der Waals surface area contributed by atoms with Crippen molar-refractivity contribution >= 4 is 22.1 Å². The number of nitrogens with zero attached hydrogens (tertiary/aromatic N) is 5. The molecule has 0 bridgehead atoms. The maximum atomic E-state index is 6.42. The van der Waals surface area contributed by atoms with Crippen LogP contribution in [0, 0.1) is 12.1 Å². The van der Waals surface area contributed by atoms with Crippen LogP contribution in [-0.2, 0) is 0 Å². The van der Waals surface area contributed by atoms with Crippen LogP contribution in [0.25, 0.3) is 101 Å². The summed E-state index contributed by atoms with van der Waals surface area (Å²) in [6, 6.07) is 65.0. The molecule has 0 atom stereocenters. The standard InChI is InChI=1S/C49H29N5O/c1-4-15-32(16-5-1)46-50-43(45-44(51-46)41-27-10-11-28-42(41)55-45)39-25-13-23-37(30-39)35-21-12-22-36(29-35)38-24-14-26-40(31-38)49-53-47(33-17-6-2-7-18-33)52-48(54-49)34-19-8-3-9-20-34/h1-2,4-8,10-31H. The second-order valence-electron chi connectivity index (χ2n) is 13.2. The van der Waals surface area contributed by atoms with Crippen molar-refractivity contribution in [2.45, 2.75) is 0 Å². The molecule has 0 fully saturated rings. The van der Waals surface area contributed by atoms with Gasteiger partial charge in [-0.3, -0.25) is 0 Å². The molecule has 0 saturated carbocycles. The van der Waals surface area contributed by atoms with Crippen molar-refractivity contribution in [3.8, 4) is 79.1 Å². The Hall–Kier alpha value is -7.75. The topological polar surface area (TPSA) is 77.6 Å². The van der Waals surface area contributed by atoms with Crippen LogP contribution in [0.2, 0.25) is 0 Å². The van der Waals surface area contributed by atoms with Crippen LogP contribution in [0.1, 0.15) is 0 Å². The fourth-order valence-corrected chi connectivity index (χ4v) is 6.90. The van der Waals surface area contributed by atoms with E-state index in [1.165, 1.54) is 0 Å². The molecule has 10 rings (SSSR count). The van der Waals surface area contributed by atoms with Crippen LogP contribution in [0.5, 0.6) is 0 Å². The first kappa shape index (κ1) is 31.9. The van der Waals surface area contributed by atoms with Gasteiger partial charge in [0.2, 0.25) is 0 Å². The Balaban J connectivity index is 1.04. The summed E-state index contributed by atoms with van der Waals surface area (Å²) in [6.45, 7) is 0. The highest BCUT2D eigenvalue weighted by Crippen LogP contribution is 2.37. The van der Waals surface area contributed by atoms with E-state index in [0.29, 0.717) is 28.9 Å². The van der Waals surface area contributed by atoms with Crippen LogP contribution in [0.4, 0.5) is 0 Å². The van der Waals surface area contributed by atoms with Gasteiger partial charge in [-0.15, -0.1) is 0 Å². The molecule has 10 aromatic rings. The molecule has 6 nitrogen and oxygen atoms in total. The van der Waals surface area contributed by atoms with Crippen molar-refractivity contribution in [2.24, 2.45) is 0 Å². The van der Waals surface area contributed by atoms with E-state index in [0.717, 1.165) is 72.3 Å². The summed E-state index contributed by atoms with van der Waals surface area (Å²) in [5, 5.41) is 0.964. The largest absolute Gasteiger partial charge is 0.452 e. The number of fused-ring (bicyclic) bond motifs is 3. The average Bonchev–Trinajstić information content (AvgIpc) is 3.66. The minimum atomic E-state index is 0.584. The molecule has 7 aromatic carbocycles. The third-order valence-corrected chi connectivity index (χ3v) is 9.62. The zero-order valence-corrected chi connectivity index (χ0v) is 29.4. The Morgan fingerprint density at radius 1 is 0.364 bits per heavy atom. The molecule has 0 N–H and O–H groups in total. The minimum absolute atomic E-state index is 0.584. The van der Waals surface area contributed by atoms with Gasteiger partial charge < -0.3 is 4.42 Å². The highest BCUT2D eigenvalue weighted by molar-refractivity contribution is 6.07. The Morgan fingerprint density at radius 2 is 0.855 bits per heavy atom. The van der Waals surface area contributed by atoms with Crippen molar-refractivity contribution in [1.29, 1.82) is 0 Å². The fraction of sp³-hybridized carbons (Fsp3) is 0. The summed E-state index contributed by atoms with van der Waals surface area (Å²) in [6.07, 6.45) is 0. The third kappa shape index (κ3) is 6.16. The van der Waals surface area contributed by atoms with Gasteiger partial charge in [-0.25, -0.2) is 24.9 Å². The summed E-state index contributed by atoms with van der Waals surface area (Å²) >= 11 is 0. The molecule has 3 aromatic heterocycles. The van der Waals surface area contributed by atoms with Crippen molar-refractivity contribution in [3.05, 3.63) is 188 Å². The number of hydrogen-bond donors (Lipinski definition) is 0. The van der Waals surface area contributed by atoms with Crippen LogP contribution in [-0.4, -0.2) is 24.9 Å². The Kier molecular flexibility index (Phi) is 7.94. The van der Waals surface area contributed by atoms with Crippen molar-refractivity contribution in [1.82, 2.24) is 24.9 Å². The Morgan fingerprint density at radius 3 is 1.49 bits per heavy atom. The molecule has 0 radical (unpaired) electrons. The van der Waals surface area contributed by atoms with E-state index in [1.54, 1.807) is 0 Å². The van der Waals surface area contributed by atoms with Gasteiger partial charge >= 0.3 is 0 Å². The summed E-state index contributed by atoms with van der Waals surface area (Å²) in [4.78, 5) is 24.8. The fourth-order valence-electron chi connectivity index (χ4n) is 6.90. The highest BCUT2D eigenvalue weighted by Gasteiger charge is 2.19. The third-order valence-electron chi connectivity index (χ3n) is 9.62. The maximum absolute atomic E-state index is 6.42. The molecule has 256 valence electrons. The summed E-state index contributed by atoms with van der Waals surface area (Å²) < 4.78 is 6.42. The highest BCUT2D eigenvalue weighted by atomic mass is 16.3. The zero-order chi connectivity index (χ0) is 36.6. The van der Waals surface area contributed by atoms with Gasteiger partial charge in [-0.2, -0.15) is 0 Å². The van der Waals surface area contributed by atoms with Gasteiger partial charge in [-0.1, -0.05) is 140 Å². The lowest BCUT2D eigenvalue weighted by Gasteiger charge is -2.11. The molecular weight excluding hydrogens is 675 g/mol. The van der Waals surface area contributed by atoms with E-state index in [9.17, 15) is 0 Å². The van der Waals surface area contributed by atoms with Crippen molar-refractivity contribution in [3.63, 3.8) is 0 Å². The summed E-state index contributed by atoms with van der Waals surface area (Å²) in [7, 11) is 0. The van der Waals surface area contributed by atoms with E-state index in [4.69, 9.17) is 29.3 Å². The van der Waals surface area contributed by atoms with Crippen LogP contribution < -0.4 is 0 Å². The number of aromatic nitrogens is 5. The van der Waals surface area contributed by atoms with Gasteiger partial charge in [0, 0.05) is 33.2 Å². The smallest absolute Gasteiger partial charge is 0.180 e. The predicted octanol–water partition coefficient (Wildman–Crippen LogP) is 11.8. The molecule has 0 aliphatic carbocycles. The Labute approximate surface area is 317 Å². The number of para-hydroxylation sites is 1. The number of furan rings is 1. The first-order valence-corrected chi connectivity index (χ1v) is 18.0. The summed E-state index contributed by atoms with van der Waals surface area (Å²) in [5.41, 5.74) is 11.8. The van der Waals surface area contributed by atoms with Gasteiger partial charge in [0.25, 0.3) is 0 Å². The normalized spacial score (nSPS) is 11.1. The SMILES string of the molecule is c1ccc(-c2nc(-c3ccccc3)nc(-c3cccc(-c4cccc(-c5cccc(-c6nc(-c7ccccc7)nc7c6oc6ccccc67)c5)c4)c3)n2)cc#1. The number of hydrogen-bond acceptors (Lipinski definition) is 6. The van der Waals surface area contributed by atoms with Crippen LogP contribution in [0.15, 0.2) is 180 Å². The maximum Gasteiger partial charge on any atom is 0.180 e. The van der Waals surface area contributed by atoms with Crippen LogP contribution in [0.3, 0.4) is 0 Å². The second-order valence-corrected chi connectivity index (χ2v) is 13.2. The molecule has 0 aliphatic heterocycles. The molecule has 6 heteroatoms. The van der Waals surface area contributed by atoms with E-state index >= 15 is 0 Å². The molecule has 0 amide bonds. The molecule has 3 heterocycles. The lowest BCUT2D eigenvalue weighted by atomic mass is 9.96. The van der Waals surface area contributed by atoms with Crippen LogP contribution >= 0.6 is 0 Å². The number of benzene rings is 6. The van der Waals surface area contributed by atoms with E-state index in [1.807, 2.05) is 115 Å². The molecular formula is C49H29N5O. The lowest BCUT2D eigenvalue weighted by Crippen LogP contribution is -2.00. The average molecular weight is 704 g/mol. The quantitative estimate of drug-likeness (QED) is 0.164. The van der Waals surface area contributed by atoms with Gasteiger partial charge in [0.1, 0.15) is 16.8 Å². The first-order valence-electron chi connectivity index (χ1n) is 18.0.